The van der Waals surface area contributed by atoms with Crippen LogP contribution >= 0.6 is 0 Å². The molecule has 4 heterocycles. The Morgan fingerprint density at radius 2 is 1.75 bits per heavy atom. The number of amides is 1. The van der Waals surface area contributed by atoms with E-state index >= 15 is 0 Å². The fourth-order valence-electron chi connectivity index (χ4n) is 4.46. The molecule has 1 aromatic carbocycles. The van der Waals surface area contributed by atoms with Gasteiger partial charge in [-0.1, -0.05) is 36.4 Å². The van der Waals surface area contributed by atoms with Gasteiger partial charge in [-0.25, -0.2) is 4.98 Å². The van der Waals surface area contributed by atoms with Crippen molar-refractivity contribution in [1.29, 1.82) is 0 Å². The van der Waals surface area contributed by atoms with Crippen molar-refractivity contribution in [3.63, 3.8) is 0 Å². The first kappa shape index (κ1) is 20.2. The largest absolute Gasteiger partial charge is 0.356 e. The second kappa shape index (κ2) is 9.22. The van der Waals surface area contributed by atoms with Crippen molar-refractivity contribution in [2.75, 3.05) is 18.0 Å². The molecule has 1 saturated heterocycles. The Balaban J connectivity index is 1.23. The lowest BCUT2D eigenvalue weighted by Crippen LogP contribution is -2.40. The molecule has 0 bridgehead atoms. The van der Waals surface area contributed by atoms with Crippen LogP contribution in [0.2, 0.25) is 0 Å². The minimum Gasteiger partial charge on any atom is -0.356 e. The molecule has 1 N–H and O–H groups in total. The summed E-state index contributed by atoms with van der Waals surface area (Å²) in [5.41, 5.74) is 3.35. The van der Waals surface area contributed by atoms with Crippen LogP contribution in [0.1, 0.15) is 24.1 Å². The van der Waals surface area contributed by atoms with Crippen LogP contribution in [0.3, 0.4) is 0 Å². The third-order valence-electron chi connectivity index (χ3n) is 6.21. The number of rotatable bonds is 6. The van der Waals surface area contributed by atoms with Gasteiger partial charge < -0.3 is 14.8 Å². The number of hydrogen-bond donors (Lipinski definition) is 1. The van der Waals surface area contributed by atoms with Gasteiger partial charge in [0.2, 0.25) is 5.91 Å². The zero-order valence-electron chi connectivity index (χ0n) is 18.0. The Hall–Kier alpha value is -3.67. The SMILES string of the molecule is O=C(NCc1ccccn1)C1CCN(c2nccc3c2ccn3Cc2ccccc2)CC1. The van der Waals surface area contributed by atoms with E-state index in [2.05, 4.69) is 62.4 Å². The molecule has 5 rings (SSSR count). The fraction of sp³-hybridized carbons (Fsp3) is 0.269. The first-order valence-corrected chi connectivity index (χ1v) is 11.2. The van der Waals surface area contributed by atoms with Crippen LogP contribution in [0.5, 0.6) is 0 Å². The Bertz CT molecular complexity index is 1180. The molecule has 0 atom stereocenters. The van der Waals surface area contributed by atoms with Crippen molar-refractivity contribution in [2.45, 2.75) is 25.9 Å². The van der Waals surface area contributed by atoms with Gasteiger partial charge in [0.05, 0.1) is 17.8 Å². The maximum absolute atomic E-state index is 12.6. The summed E-state index contributed by atoms with van der Waals surface area (Å²) < 4.78 is 2.27. The number of anilines is 1. The van der Waals surface area contributed by atoms with Gasteiger partial charge in [0.25, 0.3) is 0 Å². The highest BCUT2D eigenvalue weighted by Gasteiger charge is 2.26. The second-order valence-corrected chi connectivity index (χ2v) is 8.30. The summed E-state index contributed by atoms with van der Waals surface area (Å²) in [6.45, 7) is 2.98. The molecule has 1 amide bonds. The number of nitrogens with one attached hydrogen (secondary N) is 1. The predicted octanol–water partition coefficient (Wildman–Crippen LogP) is 4.01. The number of piperidine rings is 1. The molecule has 1 fully saturated rings. The third-order valence-corrected chi connectivity index (χ3v) is 6.21. The van der Waals surface area contributed by atoms with E-state index in [0.29, 0.717) is 6.54 Å². The fourth-order valence-corrected chi connectivity index (χ4v) is 4.46. The van der Waals surface area contributed by atoms with Crippen molar-refractivity contribution >= 4 is 22.6 Å². The van der Waals surface area contributed by atoms with Crippen LogP contribution in [0, 0.1) is 5.92 Å². The Kier molecular flexibility index (Phi) is 5.83. The number of benzene rings is 1. The van der Waals surface area contributed by atoms with E-state index in [0.717, 1.165) is 44.0 Å². The van der Waals surface area contributed by atoms with Gasteiger partial charge in [-0.3, -0.25) is 9.78 Å². The Labute approximate surface area is 187 Å². The van der Waals surface area contributed by atoms with Crippen molar-refractivity contribution < 1.29 is 4.79 Å². The van der Waals surface area contributed by atoms with Gasteiger partial charge in [-0.15, -0.1) is 0 Å². The number of hydrogen-bond acceptors (Lipinski definition) is 4. The zero-order valence-corrected chi connectivity index (χ0v) is 18.0. The van der Waals surface area contributed by atoms with E-state index in [1.54, 1.807) is 6.20 Å². The lowest BCUT2D eigenvalue weighted by Gasteiger charge is -2.32. The quantitative estimate of drug-likeness (QED) is 0.507. The predicted molar refractivity (Wildman–Crippen MR) is 126 cm³/mol. The molecule has 162 valence electrons. The van der Waals surface area contributed by atoms with Crippen molar-refractivity contribution in [1.82, 2.24) is 19.9 Å². The number of nitrogens with zero attached hydrogens (tertiary/aromatic N) is 4. The first-order valence-electron chi connectivity index (χ1n) is 11.2. The number of carbonyl (C=O) groups excluding carboxylic acids is 1. The van der Waals surface area contributed by atoms with E-state index in [9.17, 15) is 4.79 Å². The van der Waals surface area contributed by atoms with Crippen LogP contribution in [0.15, 0.2) is 79.3 Å². The van der Waals surface area contributed by atoms with E-state index < -0.39 is 0 Å². The van der Waals surface area contributed by atoms with Gasteiger partial charge >= 0.3 is 0 Å². The second-order valence-electron chi connectivity index (χ2n) is 8.30. The summed E-state index contributed by atoms with van der Waals surface area (Å²) >= 11 is 0. The van der Waals surface area contributed by atoms with Crippen molar-refractivity contribution in [3.8, 4) is 0 Å². The summed E-state index contributed by atoms with van der Waals surface area (Å²) in [4.78, 5) is 23.9. The summed E-state index contributed by atoms with van der Waals surface area (Å²) in [5.74, 6) is 1.17. The van der Waals surface area contributed by atoms with E-state index in [4.69, 9.17) is 4.98 Å². The molecule has 0 radical (unpaired) electrons. The average molecular weight is 426 g/mol. The molecule has 4 aromatic rings. The van der Waals surface area contributed by atoms with Crippen molar-refractivity contribution in [2.24, 2.45) is 5.92 Å². The average Bonchev–Trinajstić information content (AvgIpc) is 3.27. The van der Waals surface area contributed by atoms with Crippen LogP contribution in [0.4, 0.5) is 5.82 Å². The van der Waals surface area contributed by atoms with E-state index in [1.807, 2.05) is 30.5 Å². The number of pyridine rings is 2. The van der Waals surface area contributed by atoms with Crippen molar-refractivity contribution in [3.05, 3.63) is 90.5 Å². The molecule has 0 spiro atoms. The molecule has 0 unspecified atom stereocenters. The maximum Gasteiger partial charge on any atom is 0.223 e. The molecule has 32 heavy (non-hydrogen) atoms. The van der Waals surface area contributed by atoms with E-state index in [1.165, 1.54) is 16.5 Å². The first-order chi connectivity index (χ1) is 15.8. The summed E-state index contributed by atoms with van der Waals surface area (Å²) in [5, 5.41) is 4.21. The van der Waals surface area contributed by atoms with Crippen LogP contribution in [0.25, 0.3) is 10.9 Å². The van der Waals surface area contributed by atoms with Crippen LogP contribution < -0.4 is 10.2 Å². The highest BCUT2D eigenvalue weighted by Crippen LogP contribution is 2.29. The smallest absolute Gasteiger partial charge is 0.223 e. The molecule has 1 aliphatic rings. The molecule has 0 aliphatic carbocycles. The molecule has 0 saturated carbocycles. The topological polar surface area (TPSA) is 63.1 Å². The molecular weight excluding hydrogens is 398 g/mol. The number of carbonyl (C=O) groups is 1. The van der Waals surface area contributed by atoms with Gasteiger partial charge in [0.15, 0.2) is 0 Å². The normalized spacial score (nSPS) is 14.6. The summed E-state index contributed by atoms with van der Waals surface area (Å²) in [6, 6.07) is 20.5. The Morgan fingerprint density at radius 3 is 2.53 bits per heavy atom. The Morgan fingerprint density at radius 1 is 0.938 bits per heavy atom. The highest BCUT2D eigenvalue weighted by molar-refractivity contribution is 5.91. The van der Waals surface area contributed by atoms with Gasteiger partial charge in [0.1, 0.15) is 5.82 Å². The highest BCUT2D eigenvalue weighted by atomic mass is 16.1. The summed E-state index contributed by atoms with van der Waals surface area (Å²) in [7, 11) is 0. The monoisotopic (exact) mass is 425 g/mol. The van der Waals surface area contributed by atoms with Gasteiger partial charge in [-0.2, -0.15) is 0 Å². The van der Waals surface area contributed by atoms with Gasteiger partial charge in [-0.05, 0) is 42.7 Å². The number of aromatic nitrogens is 3. The standard InChI is InChI=1S/C26H27N5O/c32-26(29-18-22-8-4-5-13-27-22)21-10-15-30(16-11-21)25-23-12-17-31(24(23)9-14-28-25)19-20-6-2-1-3-7-20/h1-9,12-14,17,21H,10-11,15-16,18-19H2,(H,29,32). The lowest BCUT2D eigenvalue weighted by molar-refractivity contribution is -0.125. The zero-order chi connectivity index (χ0) is 21.8. The number of fused-ring (bicyclic) bond motifs is 1. The molecule has 6 heteroatoms. The third kappa shape index (κ3) is 4.35. The van der Waals surface area contributed by atoms with E-state index in [-0.39, 0.29) is 11.8 Å². The van der Waals surface area contributed by atoms with Gasteiger partial charge in [0, 0.05) is 49.5 Å². The minimum atomic E-state index is 0.0387. The maximum atomic E-state index is 12.6. The summed E-state index contributed by atoms with van der Waals surface area (Å²) in [6.07, 6.45) is 7.44. The van der Waals surface area contributed by atoms with Crippen LogP contribution in [-0.2, 0) is 17.9 Å². The molecule has 3 aromatic heterocycles. The molecule has 6 nitrogen and oxygen atoms in total. The lowest BCUT2D eigenvalue weighted by atomic mass is 9.95. The van der Waals surface area contributed by atoms with Crippen LogP contribution in [-0.4, -0.2) is 33.5 Å². The minimum absolute atomic E-state index is 0.0387. The molecular formula is C26H27N5O. The molecule has 1 aliphatic heterocycles.